The molecule has 0 saturated heterocycles. The Kier molecular flexibility index (Phi) is 6.47. The molecule has 0 radical (unpaired) electrons. The van der Waals surface area contributed by atoms with Crippen molar-refractivity contribution < 1.29 is 4.79 Å². The van der Waals surface area contributed by atoms with Gasteiger partial charge in [-0.1, -0.05) is 23.4 Å². The summed E-state index contributed by atoms with van der Waals surface area (Å²) in [6.45, 7) is 2.56. The van der Waals surface area contributed by atoms with Gasteiger partial charge in [-0.3, -0.25) is 4.79 Å². The van der Waals surface area contributed by atoms with Gasteiger partial charge in [0.05, 0.1) is 21.9 Å². The molecule has 0 aromatic carbocycles. The Bertz CT molecular complexity index is 592. The van der Waals surface area contributed by atoms with E-state index in [0.29, 0.717) is 17.1 Å². The Labute approximate surface area is 136 Å². The van der Waals surface area contributed by atoms with Gasteiger partial charge < -0.3 is 5.32 Å². The van der Waals surface area contributed by atoms with Crippen molar-refractivity contribution >= 4 is 17.7 Å². The maximum Gasteiger partial charge on any atom is 0.233 e. The number of carbonyl (C=O) groups excluding carboxylic acids is 1. The molecule has 1 aromatic heterocycles. The van der Waals surface area contributed by atoms with E-state index in [-0.39, 0.29) is 11.2 Å². The predicted octanol–water partition coefficient (Wildman–Crippen LogP) is 3.44. The molecule has 0 unspecified atom stereocenters. The highest BCUT2D eigenvalue weighted by atomic mass is 32.2. The topological polar surface area (TPSA) is 65.8 Å². The molecule has 0 aliphatic heterocycles. The predicted molar refractivity (Wildman–Crippen MR) is 88.4 cm³/mol. The summed E-state index contributed by atoms with van der Waals surface area (Å²) in [4.78, 5) is 16.3. The highest BCUT2D eigenvalue weighted by Gasteiger charge is 2.15. The van der Waals surface area contributed by atoms with Crippen molar-refractivity contribution in [3.05, 3.63) is 35.5 Å². The highest BCUT2D eigenvalue weighted by Crippen LogP contribution is 2.22. The van der Waals surface area contributed by atoms with Crippen LogP contribution in [0.5, 0.6) is 0 Å². The molecular weight excluding hydrogens is 294 g/mol. The van der Waals surface area contributed by atoms with Gasteiger partial charge in [-0.25, -0.2) is 4.98 Å². The van der Waals surface area contributed by atoms with E-state index in [1.54, 1.807) is 18.3 Å². The van der Waals surface area contributed by atoms with E-state index in [2.05, 4.69) is 22.4 Å². The zero-order valence-electron chi connectivity index (χ0n) is 12.8. The fraction of sp³-hybridized carbons (Fsp3) is 0.471. The average molecular weight is 315 g/mol. The Hall–Kier alpha value is -1.80. The second-order valence-corrected chi connectivity index (χ2v) is 6.76. The van der Waals surface area contributed by atoms with Crippen LogP contribution in [0.15, 0.2) is 35.0 Å². The maximum absolute atomic E-state index is 12.1. The van der Waals surface area contributed by atoms with Crippen molar-refractivity contribution in [3.8, 4) is 6.07 Å². The lowest BCUT2D eigenvalue weighted by Crippen LogP contribution is -2.31. The number of hydrogen-bond donors (Lipinski definition) is 1. The number of nitrogens with zero attached hydrogens (tertiary/aromatic N) is 2. The van der Waals surface area contributed by atoms with Crippen LogP contribution in [-0.4, -0.2) is 22.7 Å². The normalized spacial score (nSPS) is 15.5. The van der Waals surface area contributed by atoms with E-state index >= 15 is 0 Å². The fourth-order valence-electron chi connectivity index (χ4n) is 2.40. The van der Waals surface area contributed by atoms with Gasteiger partial charge in [0.15, 0.2) is 0 Å². The molecule has 116 valence electrons. The fourth-order valence-corrected chi connectivity index (χ4v) is 3.27. The number of allylic oxidation sites excluding steroid dienone is 1. The smallest absolute Gasteiger partial charge is 0.233 e. The van der Waals surface area contributed by atoms with Crippen LogP contribution in [0.3, 0.4) is 0 Å². The number of hydrogen-bond acceptors (Lipinski definition) is 4. The van der Waals surface area contributed by atoms with E-state index in [1.807, 2.05) is 6.92 Å². The Balaban J connectivity index is 1.76. The van der Waals surface area contributed by atoms with Gasteiger partial charge in [-0.05, 0) is 51.2 Å². The van der Waals surface area contributed by atoms with E-state index in [4.69, 9.17) is 5.26 Å². The number of nitriles is 1. The minimum atomic E-state index is -0.221. The van der Waals surface area contributed by atoms with Crippen molar-refractivity contribution in [1.29, 1.82) is 5.26 Å². The quantitative estimate of drug-likeness (QED) is 0.645. The number of pyridine rings is 1. The summed E-state index contributed by atoms with van der Waals surface area (Å²) in [5.74, 6) is 0.0190. The van der Waals surface area contributed by atoms with E-state index in [9.17, 15) is 4.79 Å². The summed E-state index contributed by atoms with van der Waals surface area (Å²) < 4.78 is 0. The van der Waals surface area contributed by atoms with Crippen LogP contribution in [0.1, 0.15) is 44.6 Å². The van der Waals surface area contributed by atoms with Crippen LogP contribution in [0.2, 0.25) is 0 Å². The van der Waals surface area contributed by atoms with E-state index in [1.165, 1.54) is 43.0 Å². The van der Waals surface area contributed by atoms with Gasteiger partial charge in [0.25, 0.3) is 0 Å². The minimum Gasteiger partial charge on any atom is -0.355 e. The number of carbonyl (C=O) groups is 1. The summed E-state index contributed by atoms with van der Waals surface area (Å²) in [7, 11) is 0. The highest BCUT2D eigenvalue weighted by molar-refractivity contribution is 8.00. The molecule has 0 bridgehead atoms. The van der Waals surface area contributed by atoms with Gasteiger partial charge in [-0.2, -0.15) is 5.26 Å². The van der Waals surface area contributed by atoms with Gasteiger partial charge in [-0.15, -0.1) is 0 Å². The molecule has 1 amide bonds. The largest absolute Gasteiger partial charge is 0.355 e. The third-order valence-corrected chi connectivity index (χ3v) is 4.69. The molecule has 2 rings (SSSR count). The van der Waals surface area contributed by atoms with Crippen LogP contribution in [0, 0.1) is 11.3 Å². The first-order valence-corrected chi connectivity index (χ1v) is 8.55. The number of amides is 1. The lowest BCUT2D eigenvalue weighted by Gasteiger charge is -2.14. The SMILES string of the molecule is C[C@H](Sc1cc(C#N)ccn1)C(=O)NCCC1=CCCCC1. The van der Waals surface area contributed by atoms with Gasteiger partial charge in [0.1, 0.15) is 0 Å². The van der Waals surface area contributed by atoms with Gasteiger partial charge >= 0.3 is 0 Å². The third-order valence-electron chi connectivity index (χ3n) is 3.66. The summed E-state index contributed by atoms with van der Waals surface area (Å²) in [6, 6.07) is 5.45. The molecule has 1 aliphatic rings. The lowest BCUT2D eigenvalue weighted by molar-refractivity contribution is -0.120. The van der Waals surface area contributed by atoms with Crippen LogP contribution in [-0.2, 0) is 4.79 Å². The summed E-state index contributed by atoms with van der Waals surface area (Å²) in [5, 5.41) is 12.3. The second-order valence-electron chi connectivity index (χ2n) is 5.40. The van der Waals surface area contributed by atoms with Crippen molar-refractivity contribution in [2.45, 2.75) is 49.3 Å². The first-order valence-electron chi connectivity index (χ1n) is 7.67. The first kappa shape index (κ1) is 16.6. The summed E-state index contributed by atoms with van der Waals surface area (Å²) in [6.07, 6.45) is 9.77. The molecule has 1 aromatic rings. The van der Waals surface area contributed by atoms with E-state index < -0.39 is 0 Å². The average Bonchev–Trinajstić information content (AvgIpc) is 2.56. The molecule has 1 aliphatic carbocycles. The Morgan fingerprint density at radius 3 is 3.14 bits per heavy atom. The number of aromatic nitrogens is 1. The maximum atomic E-state index is 12.1. The molecule has 22 heavy (non-hydrogen) atoms. The molecular formula is C17H21N3OS. The minimum absolute atomic E-state index is 0.0190. The molecule has 0 saturated carbocycles. The zero-order chi connectivity index (χ0) is 15.8. The Morgan fingerprint density at radius 1 is 1.55 bits per heavy atom. The Morgan fingerprint density at radius 2 is 2.41 bits per heavy atom. The van der Waals surface area contributed by atoms with Crippen molar-refractivity contribution in [2.24, 2.45) is 0 Å². The van der Waals surface area contributed by atoms with Crippen molar-refractivity contribution in [3.63, 3.8) is 0 Å². The monoisotopic (exact) mass is 315 g/mol. The van der Waals surface area contributed by atoms with Crippen LogP contribution >= 0.6 is 11.8 Å². The summed E-state index contributed by atoms with van der Waals surface area (Å²) in [5.41, 5.74) is 2.03. The second kappa shape index (κ2) is 8.60. The molecule has 0 spiro atoms. The third kappa shape index (κ3) is 5.19. The summed E-state index contributed by atoms with van der Waals surface area (Å²) >= 11 is 1.38. The number of thioether (sulfide) groups is 1. The molecule has 4 nitrogen and oxygen atoms in total. The molecule has 0 fully saturated rings. The van der Waals surface area contributed by atoms with Crippen molar-refractivity contribution in [2.75, 3.05) is 6.54 Å². The first-order chi connectivity index (χ1) is 10.7. The molecule has 5 heteroatoms. The lowest BCUT2D eigenvalue weighted by atomic mass is 9.97. The number of nitrogens with one attached hydrogen (secondary N) is 1. The molecule has 1 heterocycles. The van der Waals surface area contributed by atoms with Crippen molar-refractivity contribution in [1.82, 2.24) is 10.3 Å². The van der Waals surface area contributed by atoms with Gasteiger partial charge in [0.2, 0.25) is 5.91 Å². The van der Waals surface area contributed by atoms with E-state index in [0.717, 1.165) is 6.42 Å². The van der Waals surface area contributed by atoms with Gasteiger partial charge in [0, 0.05) is 12.7 Å². The zero-order valence-corrected chi connectivity index (χ0v) is 13.7. The van der Waals surface area contributed by atoms with Crippen LogP contribution < -0.4 is 5.32 Å². The molecule has 1 N–H and O–H groups in total. The van der Waals surface area contributed by atoms with Crippen LogP contribution in [0.25, 0.3) is 0 Å². The van der Waals surface area contributed by atoms with Crippen LogP contribution in [0.4, 0.5) is 0 Å². The molecule has 1 atom stereocenters. The number of rotatable bonds is 6. The standard InChI is InChI=1S/C17H21N3OS/c1-13(22-16-11-15(12-18)8-9-19-16)17(21)20-10-7-14-5-3-2-4-6-14/h5,8-9,11,13H,2-4,6-7,10H2,1H3,(H,20,21)/t13-/m0/s1.